The number of nitrogens with zero attached hydrogens (tertiary/aromatic N) is 1. The number of thiazole rings is 1. The third-order valence-corrected chi connectivity index (χ3v) is 7.08. The van der Waals surface area contributed by atoms with Crippen LogP contribution in [-0.4, -0.2) is 32.4 Å². The minimum Gasteiger partial charge on any atom is -0.494 e. The minimum absolute atomic E-state index is 0.0545. The van der Waals surface area contributed by atoms with E-state index in [4.69, 9.17) is 9.72 Å². The summed E-state index contributed by atoms with van der Waals surface area (Å²) in [5.41, 5.74) is 5.12. The highest BCUT2D eigenvalue weighted by Gasteiger charge is 2.14. The number of imidazole rings is 1. The Morgan fingerprint density at radius 3 is 2.23 bits per heavy atom. The fourth-order valence-electron chi connectivity index (χ4n) is 3.70. The van der Waals surface area contributed by atoms with Crippen molar-refractivity contribution in [2.45, 2.75) is 11.6 Å². The van der Waals surface area contributed by atoms with Crippen LogP contribution < -0.4 is 9.61 Å². The van der Waals surface area contributed by atoms with E-state index in [2.05, 4.69) is 34.2 Å². The molecule has 0 aliphatic carbocycles. The number of aromatic nitrogens is 3. The van der Waals surface area contributed by atoms with E-state index in [1.165, 1.54) is 0 Å². The first-order valence-electron chi connectivity index (χ1n) is 11.1. The molecule has 3 N–H and O–H groups in total. The molecule has 3 aromatic carbocycles. The predicted octanol–water partition coefficient (Wildman–Crippen LogP) is 5.96. The van der Waals surface area contributed by atoms with Crippen LogP contribution in [0.4, 0.5) is 0 Å². The van der Waals surface area contributed by atoms with Gasteiger partial charge in [-0.2, -0.15) is 0 Å². The molecule has 0 saturated heterocycles. The lowest BCUT2D eigenvalue weighted by Crippen LogP contribution is -2.00. The van der Waals surface area contributed by atoms with Crippen molar-refractivity contribution in [2.24, 2.45) is 0 Å². The number of thioether (sulfide) groups is 1. The summed E-state index contributed by atoms with van der Waals surface area (Å²) < 4.78 is 5.90. The van der Waals surface area contributed by atoms with Crippen molar-refractivity contribution in [3.63, 3.8) is 0 Å². The summed E-state index contributed by atoms with van der Waals surface area (Å²) in [5, 5.41) is 10.6. The molecule has 0 atom stereocenters. The molecular formula is C27H23N3O3S2. The number of aromatic amines is 2. The Labute approximate surface area is 210 Å². The number of hydrogen-bond donors (Lipinski definition) is 3. The molecule has 0 spiro atoms. The zero-order chi connectivity index (χ0) is 24.0. The predicted molar refractivity (Wildman–Crippen MR) is 142 cm³/mol. The molecule has 5 rings (SSSR count). The van der Waals surface area contributed by atoms with Crippen molar-refractivity contribution in [1.29, 1.82) is 0 Å². The molecule has 176 valence electrons. The monoisotopic (exact) mass is 501 g/mol. The van der Waals surface area contributed by atoms with Crippen molar-refractivity contribution in [3.05, 3.63) is 105 Å². The zero-order valence-electron chi connectivity index (χ0n) is 18.7. The highest BCUT2D eigenvalue weighted by Crippen LogP contribution is 2.32. The summed E-state index contributed by atoms with van der Waals surface area (Å²) in [5.74, 6) is 1.46. The Morgan fingerprint density at radius 1 is 0.886 bits per heavy atom. The SMILES string of the molecule is O=c1[nH]c(O)c(Cc2ccc(OCCSc3nc(-c4ccccc4)c(-c4ccccc4)[nH]3)cc2)s1. The van der Waals surface area contributed by atoms with Gasteiger partial charge in [0.05, 0.1) is 22.9 Å². The van der Waals surface area contributed by atoms with Crippen LogP contribution in [0.5, 0.6) is 11.6 Å². The minimum atomic E-state index is -0.252. The fourth-order valence-corrected chi connectivity index (χ4v) is 5.15. The van der Waals surface area contributed by atoms with Gasteiger partial charge >= 0.3 is 4.87 Å². The Balaban J connectivity index is 1.20. The number of ether oxygens (including phenoxy) is 1. The summed E-state index contributed by atoms with van der Waals surface area (Å²) in [6, 6.07) is 28.1. The number of benzene rings is 3. The molecule has 0 radical (unpaired) electrons. The summed E-state index contributed by atoms with van der Waals surface area (Å²) in [4.78, 5) is 22.5. The highest BCUT2D eigenvalue weighted by atomic mass is 32.2. The molecule has 0 aliphatic rings. The van der Waals surface area contributed by atoms with Crippen LogP contribution in [0.25, 0.3) is 22.5 Å². The van der Waals surface area contributed by atoms with Crippen molar-refractivity contribution in [3.8, 4) is 34.1 Å². The van der Waals surface area contributed by atoms with Crippen molar-refractivity contribution < 1.29 is 9.84 Å². The van der Waals surface area contributed by atoms with Crippen LogP contribution in [0.15, 0.2) is 94.9 Å². The molecule has 5 aromatic rings. The first kappa shape index (κ1) is 23.0. The average molecular weight is 502 g/mol. The van der Waals surface area contributed by atoms with E-state index in [1.54, 1.807) is 11.8 Å². The summed E-state index contributed by atoms with van der Waals surface area (Å²) in [7, 11) is 0. The largest absolute Gasteiger partial charge is 0.494 e. The highest BCUT2D eigenvalue weighted by molar-refractivity contribution is 7.99. The molecule has 0 saturated carbocycles. The molecule has 0 unspecified atom stereocenters. The lowest BCUT2D eigenvalue weighted by molar-refractivity contribution is 0.344. The standard InChI is InChI=1S/C27H23N3O3S2/c31-25-22(35-27(32)30-25)17-18-11-13-21(14-12-18)33-15-16-34-26-28-23(19-7-3-1-4-8-19)24(29-26)20-9-5-2-6-10-20/h1-14,31H,15-17H2,(H,28,29)(H,30,32). The first-order chi connectivity index (χ1) is 17.2. The Bertz CT molecular complexity index is 1390. The Kier molecular flexibility index (Phi) is 7.02. The van der Waals surface area contributed by atoms with E-state index >= 15 is 0 Å². The van der Waals surface area contributed by atoms with Gasteiger partial charge in [-0.3, -0.25) is 9.78 Å². The number of aromatic hydroxyl groups is 1. The van der Waals surface area contributed by atoms with Crippen molar-refractivity contribution in [2.75, 3.05) is 12.4 Å². The maximum absolute atomic E-state index is 11.3. The van der Waals surface area contributed by atoms with Crippen molar-refractivity contribution in [1.82, 2.24) is 15.0 Å². The zero-order valence-corrected chi connectivity index (χ0v) is 20.4. The van der Waals surface area contributed by atoms with Gasteiger partial charge in [0.25, 0.3) is 0 Å². The lowest BCUT2D eigenvalue weighted by atomic mass is 10.1. The molecule has 0 amide bonds. The molecule has 2 heterocycles. The molecule has 0 bridgehead atoms. The second kappa shape index (κ2) is 10.7. The second-order valence-corrected chi connectivity index (χ2v) is 9.95. The van der Waals surface area contributed by atoms with Gasteiger partial charge in [-0.15, -0.1) is 0 Å². The fraction of sp³-hybridized carbons (Fsp3) is 0.111. The summed E-state index contributed by atoms with van der Waals surface area (Å²) in [6.45, 7) is 0.534. The van der Waals surface area contributed by atoms with Gasteiger partial charge in [0.2, 0.25) is 5.88 Å². The molecule has 35 heavy (non-hydrogen) atoms. The van der Waals surface area contributed by atoms with Gasteiger partial charge in [0.15, 0.2) is 5.16 Å². The Hall–Kier alpha value is -3.75. The molecule has 6 nitrogen and oxygen atoms in total. The van der Waals surface area contributed by atoms with Gasteiger partial charge in [-0.25, -0.2) is 4.98 Å². The summed E-state index contributed by atoms with van der Waals surface area (Å²) in [6.07, 6.45) is 0.497. The van der Waals surface area contributed by atoms with Gasteiger partial charge in [0, 0.05) is 23.3 Å². The number of rotatable bonds is 9. The van der Waals surface area contributed by atoms with Gasteiger partial charge in [-0.1, -0.05) is 95.9 Å². The normalized spacial score (nSPS) is 11.0. The molecular weight excluding hydrogens is 478 g/mol. The van der Waals surface area contributed by atoms with Crippen LogP contribution in [0.3, 0.4) is 0 Å². The Morgan fingerprint density at radius 2 is 1.57 bits per heavy atom. The molecule has 0 fully saturated rings. The van der Waals surface area contributed by atoms with Crippen LogP contribution in [0.2, 0.25) is 0 Å². The summed E-state index contributed by atoms with van der Waals surface area (Å²) >= 11 is 2.65. The lowest BCUT2D eigenvalue weighted by Gasteiger charge is -2.06. The molecule has 2 aromatic heterocycles. The topological polar surface area (TPSA) is 91.0 Å². The van der Waals surface area contributed by atoms with E-state index in [-0.39, 0.29) is 10.8 Å². The average Bonchev–Trinajstić information content (AvgIpc) is 3.46. The third kappa shape index (κ3) is 5.67. The van der Waals surface area contributed by atoms with E-state index in [0.29, 0.717) is 17.9 Å². The third-order valence-electron chi connectivity index (χ3n) is 5.37. The maximum atomic E-state index is 11.3. The van der Waals surface area contributed by atoms with Gasteiger partial charge < -0.3 is 14.8 Å². The smallest absolute Gasteiger partial charge is 0.307 e. The van der Waals surface area contributed by atoms with E-state index < -0.39 is 0 Å². The van der Waals surface area contributed by atoms with Gasteiger partial charge in [-0.05, 0) is 17.7 Å². The molecule has 8 heteroatoms. The van der Waals surface area contributed by atoms with Crippen LogP contribution in [0, 0.1) is 0 Å². The van der Waals surface area contributed by atoms with Crippen LogP contribution >= 0.6 is 23.1 Å². The number of hydrogen-bond acceptors (Lipinski definition) is 6. The molecule has 0 aliphatic heterocycles. The van der Waals surface area contributed by atoms with Crippen LogP contribution in [0.1, 0.15) is 10.4 Å². The maximum Gasteiger partial charge on any atom is 0.307 e. The quantitative estimate of drug-likeness (QED) is 0.171. The van der Waals surface area contributed by atoms with Crippen molar-refractivity contribution >= 4 is 23.1 Å². The van der Waals surface area contributed by atoms with Gasteiger partial charge in [0.1, 0.15) is 5.75 Å². The van der Waals surface area contributed by atoms with E-state index in [0.717, 1.165) is 56.1 Å². The second-order valence-electron chi connectivity index (χ2n) is 7.80. The van der Waals surface area contributed by atoms with E-state index in [1.807, 2.05) is 60.7 Å². The first-order valence-corrected chi connectivity index (χ1v) is 12.9. The number of H-pyrrole nitrogens is 2. The van der Waals surface area contributed by atoms with Crippen LogP contribution in [-0.2, 0) is 6.42 Å². The number of nitrogens with one attached hydrogen (secondary N) is 2. The van der Waals surface area contributed by atoms with E-state index in [9.17, 15) is 9.90 Å².